The van der Waals surface area contributed by atoms with Crippen LogP contribution in [0.4, 0.5) is 5.69 Å². The third-order valence-corrected chi connectivity index (χ3v) is 5.55. The molecule has 0 unspecified atom stereocenters. The lowest BCUT2D eigenvalue weighted by Gasteiger charge is -2.35. The van der Waals surface area contributed by atoms with E-state index in [1.165, 1.54) is 62.7 Å². The third kappa shape index (κ3) is 3.82. The summed E-state index contributed by atoms with van der Waals surface area (Å²) >= 11 is 0. The van der Waals surface area contributed by atoms with Gasteiger partial charge in [-0.1, -0.05) is 0 Å². The Kier molecular flexibility index (Phi) is 5.15. The number of nitrogen functional groups attached to an aromatic ring is 1. The number of likely N-dealkylation sites (tertiary alicyclic amines) is 1. The van der Waals surface area contributed by atoms with Crippen LogP contribution >= 0.6 is 0 Å². The molecule has 0 radical (unpaired) electrons. The second-order valence-corrected chi connectivity index (χ2v) is 7.66. The molecule has 1 saturated heterocycles. The maximum Gasteiger partial charge on any atom is 0.142 e. The predicted octanol–water partition coefficient (Wildman–Crippen LogP) is 4.49. The molecule has 2 N–H and O–H groups in total. The smallest absolute Gasteiger partial charge is 0.142 e. The van der Waals surface area contributed by atoms with E-state index >= 15 is 0 Å². The molecule has 3 rings (SSSR count). The van der Waals surface area contributed by atoms with Gasteiger partial charge in [-0.3, -0.25) is 0 Å². The van der Waals surface area contributed by atoms with Gasteiger partial charge in [0.1, 0.15) is 5.75 Å². The van der Waals surface area contributed by atoms with E-state index in [1.807, 2.05) is 0 Å². The highest BCUT2D eigenvalue weighted by molar-refractivity contribution is 5.57. The summed E-state index contributed by atoms with van der Waals surface area (Å²) in [6, 6.07) is 5.14. The average molecular weight is 316 g/mol. The number of ether oxygens (including phenoxy) is 1. The molecule has 1 aliphatic heterocycles. The molecule has 1 heterocycles. The van der Waals surface area contributed by atoms with Crippen LogP contribution in [-0.4, -0.2) is 30.1 Å². The highest BCUT2D eigenvalue weighted by Gasteiger charge is 2.29. The van der Waals surface area contributed by atoms with Crippen molar-refractivity contribution in [1.29, 1.82) is 0 Å². The Morgan fingerprint density at radius 1 is 1.09 bits per heavy atom. The molecule has 2 fully saturated rings. The minimum Gasteiger partial charge on any atom is -0.489 e. The fraction of sp³-hybridized carbons (Fsp3) is 0.700. The van der Waals surface area contributed by atoms with Gasteiger partial charge in [0.05, 0.1) is 11.8 Å². The van der Waals surface area contributed by atoms with Crippen LogP contribution in [0.25, 0.3) is 0 Å². The average Bonchev–Trinajstić information content (AvgIpc) is 3.04. The molecular weight excluding hydrogens is 284 g/mol. The molecule has 0 amide bonds. The Morgan fingerprint density at radius 3 is 2.35 bits per heavy atom. The molecule has 128 valence electrons. The van der Waals surface area contributed by atoms with E-state index in [4.69, 9.17) is 10.5 Å². The van der Waals surface area contributed by atoms with Gasteiger partial charge in [0.15, 0.2) is 0 Å². The van der Waals surface area contributed by atoms with Gasteiger partial charge in [0.25, 0.3) is 0 Å². The summed E-state index contributed by atoms with van der Waals surface area (Å²) in [6.07, 6.45) is 8.24. The van der Waals surface area contributed by atoms with Crippen molar-refractivity contribution < 1.29 is 4.74 Å². The van der Waals surface area contributed by atoms with Crippen molar-refractivity contribution in [3.8, 4) is 5.75 Å². The van der Waals surface area contributed by atoms with Gasteiger partial charge >= 0.3 is 0 Å². The largest absolute Gasteiger partial charge is 0.489 e. The molecule has 0 bridgehead atoms. The fourth-order valence-corrected chi connectivity index (χ4v) is 4.38. The summed E-state index contributed by atoms with van der Waals surface area (Å²) < 4.78 is 5.90. The maximum atomic E-state index is 6.14. The maximum absolute atomic E-state index is 6.14. The molecule has 1 aromatic rings. The van der Waals surface area contributed by atoms with E-state index in [-0.39, 0.29) is 6.10 Å². The standard InChI is InChI=1S/C20H32N2O/c1-14(2)23-20-13-18(15(3)12-19(20)21)16-6-8-17(9-7-16)22-10-4-5-11-22/h12-14,16-17H,4-11,21H2,1-3H3. The molecule has 2 aliphatic rings. The van der Waals surface area contributed by atoms with Crippen LogP contribution in [0.1, 0.15) is 69.4 Å². The molecule has 3 nitrogen and oxygen atoms in total. The second kappa shape index (κ2) is 7.12. The normalized spacial score (nSPS) is 25.9. The highest BCUT2D eigenvalue weighted by atomic mass is 16.5. The number of anilines is 1. The summed E-state index contributed by atoms with van der Waals surface area (Å²) in [5.41, 5.74) is 9.69. The number of rotatable bonds is 4. The summed E-state index contributed by atoms with van der Waals surface area (Å²) in [7, 11) is 0. The summed E-state index contributed by atoms with van der Waals surface area (Å²) in [4.78, 5) is 2.72. The van der Waals surface area contributed by atoms with Gasteiger partial charge in [0.2, 0.25) is 0 Å². The zero-order chi connectivity index (χ0) is 16.4. The monoisotopic (exact) mass is 316 g/mol. The van der Waals surface area contributed by atoms with Crippen LogP contribution in [-0.2, 0) is 0 Å². The van der Waals surface area contributed by atoms with Crippen molar-refractivity contribution in [2.45, 2.75) is 77.4 Å². The van der Waals surface area contributed by atoms with Crippen molar-refractivity contribution in [2.75, 3.05) is 18.8 Å². The Hall–Kier alpha value is -1.22. The van der Waals surface area contributed by atoms with Crippen molar-refractivity contribution >= 4 is 5.69 Å². The van der Waals surface area contributed by atoms with Gasteiger partial charge in [-0.25, -0.2) is 0 Å². The minimum absolute atomic E-state index is 0.166. The van der Waals surface area contributed by atoms with Gasteiger partial charge in [-0.05, 0) is 102 Å². The van der Waals surface area contributed by atoms with Crippen LogP contribution < -0.4 is 10.5 Å². The molecule has 0 spiro atoms. The highest BCUT2D eigenvalue weighted by Crippen LogP contribution is 2.39. The van der Waals surface area contributed by atoms with Crippen molar-refractivity contribution in [3.63, 3.8) is 0 Å². The first-order valence-corrected chi connectivity index (χ1v) is 9.35. The van der Waals surface area contributed by atoms with E-state index < -0.39 is 0 Å². The summed E-state index contributed by atoms with van der Waals surface area (Å²) in [5.74, 6) is 1.53. The van der Waals surface area contributed by atoms with Crippen LogP contribution in [0.15, 0.2) is 12.1 Å². The Labute approximate surface area is 141 Å². The Balaban J connectivity index is 1.69. The first kappa shape index (κ1) is 16.6. The first-order chi connectivity index (χ1) is 11.0. The third-order valence-electron chi connectivity index (χ3n) is 5.55. The van der Waals surface area contributed by atoms with E-state index in [1.54, 1.807) is 0 Å². The molecule has 0 atom stereocenters. The van der Waals surface area contributed by atoms with E-state index in [9.17, 15) is 0 Å². The predicted molar refractivity (Wildman–Crippen MR) is 97.2 cm³/mol. The molecule has 0 aromatic heterocycles. The fourth-order valence-electron chi connectivity index (χ4n) is 4.38. The van der Waals surface area contributed by atoms with Gasteiger partial charge in [-0.15, -0.1) is 0 Å². The number of nitrogens with zero attached hydrogens (tertiary/aromatic N) is 1. The summed E-state index contributed by atoms with van der Waals surface area (Å²) in [5, 5.41) is 0. The van der Waals surface area contributed by atoms with E-state index in [0.29, 0.717) is 5.92 Å². The SMILES string of the molecule is Cc1cc(N)c(OC(C)C)cc1C1CCC(N2CCCC2)CC1. The second-order valence-electron chi connectivity index (χ2n) is 7.66. The minimum atomic E-state index is 0.166. The van der Waals surface area contributed by atoms with E-state index in [0.717, 1.165) is 17.5 Å². The lowest BCUT2D eigenvalue weighted by atomic mass is 9.79. The van der Waals surface area contributed by atoms with Crippen molar-refractivity contribution in [1.82, 2.24) is 4.90 Å². The number of benzene rings is 1. The van der Waals surface area contributed by atoms with Crippen LogP contribution in [0, 0.1) is 6.92 Å². The number of hydrogen-bond donors (Lipinski definition) is 1. The summed E-state index contributed by atoms with van der Waals surface area (Å²) in [6.45, 7) is 8.95. The first-order valence-electron chi connectivity index (χ1n) is 9.35. The zero-order valence-electron chi connectivity index (χ0n) is 15.0. The Morgan fingerprint density at radius 2 is 1.74 bits per heavy atom. The quantitative estimate of drug-likeness (QED) is 0.832. The topological polar surface area (TPSA) is 38.5 Å². The zero-order valence-corrected chi connectivity index (χ0v) is 15.0. The molecule has 1 saturated carbocycles. The number of aryl methyl sites for hydroxylation is 1. The van der Waals surface area contributed by atoms with Gasteiger partial charge in [-0.2, -0.15) is 0 Å². The molecule has 1 aromatic carbocycles. The number of nitrogens with two attached hydrogens (primary N) is 1. The van der Waals surface area contributed by atoms with Crippen LogP contribution in [0.2, 0.25) is 0 Å². The van der Waals surface area contributed by atoms with Gasteiger partial charge in [0, 0.05) is 6.04 Å². The molecular formula is C20H32N2O. The van der Waals surface area contributed by atoms with Crippen LogP contribution in [0.5, 0.6) is 5.75 Å². The molecule has 23 heavy (non-hydrogen) atoms. The number of hydrogen-bond acceptors (Lipinski definition) is 3. The van der Waals surface area contributed by atoms with Crippen molar-refractivity contribution in [3.05, 3.63) is 23.3 Å². The lowest BCUT2D eigenvalue weighted by molar-refractivity contribution is 0.181. The Bertz CT molecular complexity index is 527. The lowest BCUT2D eigenvalue weighted by Crippen LogP contribution is -2.35. The molecule has 3 heteroatoms. The molecule has 1 aliphatic carbocycles. The van der Waals surface area contributed by atoms with E-state index in [2.05, 4.69) is 37.8 Å². The van der Waals surface area contributed by atoms with Gasteiger partial charge < -0.3 is 15.4 Å². The van der Waals surface area contributed by atoms with Crippen LogP contribution in [0.3, 0.4) is 0 Å². The van der Waals surface area contributed by atoms with Crippen molar-refractivity contribution in [2.24, 2.45) is 0 Å².